The highest BCUT2D eigenvalue weighted by atomic mass is 16.5. The highest BCUT2D eigenvalue weighted by Gasteiger charge is 2.16. The van der Waals surface area contributed by atoms with E-state index in [0.29, 0.717) is 6.61 Å². The minimum Gasteiger partial charge on any atom is -0.491 e. The zero-order valence-electron chi connectivity index (χ0n) is 20.1. The van der Waals surface area contributed by atoms with Crippen LogP contribution in [-0.4, -0.2) is 61.3 Å². The van der Waals surface area contributed by atoms with Crippen molar-refractivity contribution in [1.29, 1.82) is 0 Å². The predicted molar refractivity (Wildman–Crippen MR) is 141 cm³/mol. The van der Waals surface area contributed by atoms with Crippen molar-refractivity contribution in [2.24, 2.45) is 0 Å². The second-order valence-corrected chi connectivity index (χ2v) is 9.31. The molecule has 0 aromatic carbocycles. The maximum atomic E-state index is 6.01. The normalized spacial score (nSPS) is 14.2. The van der Waals surface area contributed by atoms with Gasteiger partial charge in [-0.05, 0) is 56.3 Å². The summed E-state index contributed by atoms with van der Waals surface area (Å²) < 4.78 is 11.3. The summed E-state index contributed by atoms with van der Waals surface area (Å²) in [4.78, 5) is 19.5. The van der Waals surface area contributed by atoms with E-state index < -0.39 is 0 Å². The summed E-state index contributed by atoms with van der Waals surface area (Å²) in [6.07, 6.45) is 13.1. The van der Waals surface area contributed by atoms with Crippen LogP contribution in [0.15, 0.2) is 72.1 Å². The van der Waals surface area contributed by atoms with Crippen LogP contribution in [0.5, 0.6) is 5.75 Å². The Bertz CT molecular complexity index is 1680. The predicted octanol–water partition coefficient (Wildman–Crippen LogP) is 5.30. The van der Waals surface area contributed by atoms with E-state index in [-0.39, 0.29) is 0 Å². The summed E-state index contributed by atoms with van der Waals surface area (Å²) >= 11 is 0. The zero-order chi connectivity index (χ0) is 24.6. The Morgan fingerprint density at radius 3 is 2.73 bits per heavy atom. The molecule has 7 rings (SSSR count). The largest absolute Gasteiger partial charge is 0.491 e. The van der Waals surface area contributed by atoms with Gasteiger partial charge in [-0.1, -0.05) is 0 Å². The molecule has 37 heavy (non-hydrogen) atoms. The van der Waals surface area contributed by atoms with Crippen LogP contribution in [0, 0.1) is 0 Å². The van der Waals surface area contributed by atoms with Gasteiger partial charge in [-0.15, -0.1) is 0 Å². The molecule has 184 valence electrons. The second-order valence-electron chi connectivity index (χ2n) is 9.31. The summed E-state index contributed by atoms with van der Waals surface area (Å²) in [6, 6.07) is 10.1. The van der Waals surface area contributed by atoms with Crippen molar-refractivity contribution in [3.05, 3.63) is 67.6 Å². The molecule has 9 nitrogen and oxygen atoms in total. The van der Waals surface area contributed by atoms with E-state index in [4.69, 9.17) is 9.15 Å². The van der Waals surface area contributed by atoms with Gasteiger partial charge < -0.3 is 14.1 Å². The van der Waals surface area contributed by atoms with E-state index >= 15 is 0 Å². The number of likely N-dealkylation sites (tertiary alicyclic amines) is 1. The van der Waals surface area contributed by atoms with Crippen LogP contribution in [0.3, 0.4) is 0 Å². The fourth-order valence-electron chi connectivity index (χ4n) is 5.03. The fraction of sp³-hybridized carbons (Fsp3) is 0.214. The molecule has 0 radical (unpaired) electrons. The van der Waals surface area contributed by atoms with Crippen molar-refractivity contribution in [2.75, 3.05) is 26.2 Å². The Labute approximate surface area is 212 Å². The van der Waals surface area contributed by atoms with E-state index in [1.54, 1.807) is 24.9 Å². The van der Waals surface area contributed by atoms with Crippen LogP contribution < -0.4 is 4.74 Å². The molecule has 0 amide bonds. The van der Waals surface area contributed by atoms with Crippen LogP contribution in [0.25, 0.3) is 55.7 Å². The number of H-pyrrole nitrogens is 2. The summed E-state index contributed by atoms with van der Waals surface area (Å²) in [7, 11) is 0. The lowest BCUT2D eigenvalue weighted by atomic mass is 10.1. The van der Waals surface area contributed by atoms with Crippen LogP contribution >= 0.6 is 0 Å². The molecule has 1 saturated heterocycles. The Kier molecular flexibility index (Phi) is 5.40. The molecule has 9 heteroatoms. The molecule has 2 N–H and O–H groups in total. The van der Waals surface area contributed by atoms with Gasteiger partial charge in [-0.3, -0.25) is 20.0 Å². The molecular formula is C28H25N7O2. The molecule has 0 unspecified atom stereocenters. The van der Waals surface area contributed by atoms with Crippen LogP contribution in [0.2, 0.25) is 0 Å². The van der Waals surface area contributed by atoms with Gasteiger partial charge >= 0.3 is 0 Å². The Hall–Kier alpha value is -4.50. The smallest absolute Gasteiger partial charge is 0.155 e. The topological polar surface area (TPSA) is 109 Å². The van der Waals surface area contributed by atoms with Crippen LogP contribution in [0.1, 0.15) is 12.8 Å². The maximum absolute atomic E-state index is 6.01. The third-order valence-electron chi connectivity index (χ3n) is 6.94. The number of rotatable bonds is 7. The average molecular weight is 492 g/mol. The van der Waals surface area contributed by atoms with Crippen molar-refractivity contribution < 1.29 is 9.15 Å². The lowest BCUT2D eigenvalue weighted by molar-refractivity contribution is 0.237. The third kappa shape index (κ3) is 4.13. The summed E-state index contributed by atoms with van der Waals surface area (Å²) in [5.41, 5.74) is 7.07. The fourth-order valence-corrected chi connectivity index (χ4v) is 5.03. The van der Waals surface area contributed by atoms with E-state index in [0.717, 1.165) is 81.1 Å². The number of aromatic amines is 2. The quantitative estimate of drug-likeness (QED) is 0.312. The Morgan fingerprint density at radius 1 is 0.919 bits per heavy atom. The molecule has 0 atom stereocenters. The molecule has 0 spiro atoms. The van der Waals surface area contributed by atoms with Crippen LogP contribution in [0.4, 0.5) is 0 Å². The lowest BCUT2D eigenvalue weighted by Gasteiger charge is -2.15. The molecule has 6 aromatic rings. The van der Waals surface area contributed by atoms with Crippen molar-refractivity contribution in [2.45, 2.75) is 12.8 Å². The van der Waals surface area contributed by atoms with E-state index in [1.807, 2.05) is 30.6 Å². The number of nitrogens with one attached hydrogen (secondary N) is 2. The van der Waals surface area contributed by atoms with Crippen molar-refractivity contribution in [3.63, 3.8) is 0 Å². The number of fused-ring (bicyclic) bond motifs is 2. The van der Waals surface area contributed by atoms with Gasteiger partial charge in [0.2, 0.25) is 0 Å². The van der Waals surface area contributed by atoms with Gasteiger partial charge in [-0.2, -0.15) is 5.10 Å². The van der Waals surface area contributed by atoms with Gasteiger partial charge in [0.05, 0.1) is 30.1 Å². The molecule has 7 heterocycles. The Balaban J connectivity index is 1.20. The van der Waals surface area contributed by atoms with E-state index in [9.17, 15) is 0 Å². The standard InChI is InChI=1S/C28H25N7O2/c1-2-7-35(6-1)8-10-37-21-11-19(14-29-16-21)20-12-23-27(33-34-28(23)31-15-20)25-13-22-24(32-25)3-5-30-26(22)18-4-9-36-17-18/h3-5,9,11-17,32H,1-2,6-8,10H2,(H,31,33,34). The number of pyridine rings is 3. The number of aromatic nitrogens is 6. The van der Waals surface area contributed by atoms with Gasteiger partial charge in [0, 0.05) is 58.1 Å². The summed E-state index contributed by atoms with van der Waals surface area (Å²) in [5, 5.41) is 9.56. The number of nitrogens with zero attached hydrogens (tertiary/aromatic N) is 5. The first kappa shape index (κ1) is 21.8. The zero-order valence-corrected chi connectivity index (χ0v) is 20.1. The SMILES string of the molecule is c1cc2[nH]c(-c3n[nH]c4ncc(-c5cncc(OCCN6CCCC6)c5)cc34)cc2c(-c2ccoc2)n1. The molecule has 0 bridgehead atoms. The number of hydrogen-bond acceptors (Lipinski definition) is 7. The highest BCUT2D eigenvalue weighted by molar-refractivity contribution is 5.99. The van der Waals surface area contributed by atoms with Gasteiger partial charge in [-0.25, -0.2) is 4.98 Å². The molecule has 0 aliphatic carbocycles. The van der Waals surface area contributed by atoms with Gasteiger partial charge in [0.1, 0.15) is 18.1 Å². The molecular weight excluding hydrogens is 466 g/mol. The average Bonchev–Trinajstić information content (AvgIpc) is 3.74. The number of hydrogen-bond donors (Lipinski definition) is 2. The van der Waals surface area contributed by atoms with Gasteiger partial charge in [0.15, 0.2) is 5.65 Å². The van der Waals surface area contributed by atoms with E-state index in [1.165, 1.54) is 12.8 Å². The first-order valence-corrected chi connectivity index (χ1v) is 12.5. The molecule has 1 aliphatic heterocycles. The van der Waals surface area contributed by atoms with Crippen molar-refractivity contribution in [3.8, 4) is 39.5 Å². The van der Waals surface area contributed by atoms with Crippen LogP contribution in [-0.2, 0) is 0 Å². The summed E-state index contributed by atoms with van der Waals surface area (Å²) in [6.45, 7) is 3.93. The molecule has 0 saturated carbocycles. The minimum atomic E-state index is 0.657. The number of furan rings is 1. The monoisotopic (exact) mass is 491 g/mol. The first-order chi connectivity index (χ1) is 18.3. The number of ether oxygens (including phenoxy) is 1. The maximum Gasteiger partial charge on any atom is 0.155 e. The first-order valence-electron chi connectivity index (χ1n) is 12.5. The molecule has 6 aromatic heterocycles. The lowest BCUT2D eigenvalue weighted by Crippen LogP contribution is -2.25. The third-order valence-corrected chi connectivity index (χ3v) is 6.94. The van der Waals surface area contributed by atoms with Crippen molar-refractivity contribution in [1.82, 2.24) is 35.0 Å². The summed E-state index contributed by atoms with van der Waals surface area (Å²) in [5.74, 6) is 0.763. The second kappa shape index (κ2) is 9.18. The molecule has 1 aliphatic rings. The highest BCUT2D eigenvalue weighted by Crippen LogP contribution is 2.34. The molecule has 1 fully saturated rings. The van der Waals surface area contributed by atoms with Gasteiger partial charge in [0.25, 0.3) is 0 Å². The van der Waals surface area contributed by atoms with Crippen molar-refractivity contribution >= 4 is 21.9 Å². The minimum absolute atomic E-state index is 0.657. The van der Waals surface area contributed by atoms with E-state index in [2.05, 4.69) is 47.2 Å². The Morgan fingerprint density at radius 2 is 1.84 bits per heavy atom.